The van der Waals surface area contributed by atoms with Gasteiger partial charge in [-0.2, -0.15) is 0 Å². The second-order valence-corrected chi connectivity index (χ2v) is 7.58. The van der Waals surface area contributed by atoms with Crippen molar-refractivity contribution in [3.05, 3.63) is 53.3 Å². The molecular formula is C18H15ClN4O2S. The van der Waals surface area contributed by atoms with Gasteiger partial charge in [0.2, 0.25) is 11.8 Å². The number of carbonyl (C=O) groups excluding carboxylic acids is 2. The van der Waals surface area contributed by atoms with Crippen molar-refractivity contribution in [2.24, 2.45) is 5.92 Å². The lowest BCUT2D eigenvalue weighted by atomic mass is 10.1. The lowest BCUT2D eigenvalue weighted by Gasteiger charge is -2.15. The molecule has 1 fully saturated rings. The van der Waals surface area contributed by atoms with E-state index in [1.165, 1.54) is 11.3 Å². The highest BCUT2D eigenvalue weighted by Crippen LogP contribution is 2.29. The predicted octanol–water partition coefficient (Wildman–Crippen LogP) is 3.33. The molecule has 0 radical (unpaired) electrons. The van der Waals surface area contributed by atoms with E-state index in [2.05, 4.69) is 15.3 Å². The Labute approximate surface area is 158 Å². The number of amides is 2. The molecule has 3 heterocycles. The molecule has 3 aromatic rings. The molecular weight excluding hydrogens is 372 g/mol. The van der Waals surface area contributed by atoms with Crippen molar-refractivity contribution >= 4 is 50.1 Å². The van der Waals surface area contributed by atoms with Crippen LogP contribution in [0.25, 0.3) is 10.2 Å². The maximum Gasteiger partial charge on any atom is 0.231 e. The second-order valence-electron chi connectivity index (χ2n) is 6.12. The standard InChI is InChI=1S/C18H15ClN4O2S/c19-12-4-5-14-15(8-12)26-18(21-14)22-17(25)11-7-16(24)23(9-11)10-13-3-1-2-6-20-13/h1-6,8,11H,7,9-10H2,(H,21,22,25). The predicted molar refractivity (Wildman–Crippen MR) is 101 cm³/mol. The first-order valence-electron chi connectivity index (χ1n) is 8.13. The average Bonchev–Trinajstić information content (AvgIpc) is 3.18. The average molecular weight is 387 g/mol. The van der Waals surface area contributed by atoms with Crippen molar-refractivity contribution in [1.29, 1.82) is 0 Å². The Morgan fingerprint density at radius 1 is 1.35 bits per heavy atom. The maximum absolute atomic E-state index is 12.5. The third-order valence-electron chi connectivity index (χ3n) is 4.24. The van der Waals surface area contributed by atoms with Crippen LogP contribution in [0.1, 0.15) is 12.1 Å². The lowest BCUT2D eigenvalue weighted by Crippen LogP contribution is -2.28. The van der Waals surface area contributed by atoms with Crippen molar-refractivity contribution in [2.45, 2.75) is 13.0 Å². The summed E-state index contributed by atoms with van der Waals surface area (Å²) in [5.41, 5.74) is 1.60. The minimum atomic E-state index is -0.387. The summed E-state index contributed by atoms with van der Waals surface area (Å²) in [6, 6.07) is 11.0. The first-order chi connectivity index (χ1) is 12.6. The molecule has 2 aromatic heterocycles. The SMILES string of the molecule is O=C(Nc1nc2ccc(Cl)cc2s1)C1CC(=O)N(Cc2ccccn2)C1. The highest BCUT2D eigenvalue weighted by Gasteiger charge is 2.34. The zero-order valence-electron chi connectivity index (χ0n) is 13.7. The molecule has 0 bridgehead atoms. The molecule has 1 N–H and O–H groups in total. The van der Waals surface area contributed by atoms with Crippen molar-refractivity contribution < 1.29 is 9.59 Å². The summed E-state index contributed by atoms with van der Waals surface area (Å²) in [6.07, 6.45) is 1.90. The molecule has 1 aromatic carbocycles. The van der Waals surface area contributed by atoms with Gasteiger partial charge in [-0.1, -0.05) is 29.0 Å². The van der Waals surface area contributed by atoms with Gasteiger partial charge >= 0.3 is 0 Å². The number of thiazole rings is 1. The number of fused-ring (bicyclic) bond motifs is 1. The molecule has 1 aliphatic heterocycles. The number of hydrogen-bond acceptors (Lipinski definition) is 5. The topological polar surface area (TPSA) is 75.2 Å². The number of pyridine rings is 1. The smallest absolute Gasteiger partial charge is 0.231 e. The van der Waals surface area contributed by atoms with E-state index in [1.807, 2.05) is 30.3 Å². The largest absolute Gasteiger partial charge is 0.336 e. The van der Waals surface area contributed by atoms with Crippen LogP contribution in [0.3, 0.4) is 0 Å². The van der Waals surface area contributed by atoms with Crippen molar-refractivity contribution in [1.82, 2.24) is 14.9 Å². The summed E-state index contributed by atoms with van der Waals surface area (Å²) in [4.78, 5) is 35.0. The van der Waals surface area contributed by atoms with Crippen LogP contribution in [0.5, 0.6) is 0 Å². The molecule has 0 aliphatic carbocycles. The quantitative estimate of drug-likeness (QED) is 0.746. The first kappa shape index (κ1) is 16.9. The molecule has 2 amide bonds. The summed E-state index contributed by atoms with van der Waals surface area (Å²) in [7, 11) is 0. The summed E-state index contributed by atoms with van der Waals surface area (Å²) in [5, 5.41) is 3.98. The summed E-state index contributed by atoms with van der Waals surface area (Å²) >= 11 is 7.35. The van der Waals surface area contributed by atoms with Gasteiger partial charge in [-0.3, -0.25) is 14.6 Å². The zero-order chi connectivity index (χ0) is 18.1. The van der Waals surface area contributed by atoms with Gasteiger partial charge in [-0.15, -0.1) is 0 Å². The molecule has 6 nitrogen and oxygen atoms in total. The number of benzene rings is 1. The number of carbonyl (C=O) groups is 2. The molecule has 1 aliphatic rings. The van der Waals surface area contributed by atoms with Gasteiger partial charge in [0, 0.05) is 24.2 Å². The van der Waals surface area contributed by atoms with Gasteiger partial charge in [0.25, 0.3) is 0 Å². The fourth-order valence-electron chi connectivity index (χ4n) is 2.95. The van der Waals surface area contributed by atoms with Gasteiger partial charge in [-0.25, -0.2) is 4.98 Å². The number of nitrogens with one attached hydrogen (secondary N) is 1. The van der Waals surface area contributed by atoms with E-state index in [-0.39, 0.29) is 24.2 Å². The van der Waals surface area contributed by atoms with Crippen molar-refractivity contribution in [2.75, 3.05) is 11.9 Å². The van der Waals surface area contributed by atoms with Crippen LogP contribution >= 0.6 is 22.9 Å². The van der Waals surface area contributed by atoms with Crippen LogP contribution in [-0.4, -0.2) is 33.2 Å². The molecule has 0 spiro atoms. The second kappa shape index (κ2) is 7.01. The maximum atomic E-state index is 12.5. The number of halogens is 1. The number of rotatable bonds is 4. The first-order valence-corrected chi connectivity index (χ1v) is 9.32. The van der Waals surface area contributed by atoms with Gasteiger partial charge in [-0.05, 0) is 30.3 Å². The van der Waals surface area contributed by atoms with Gasteiger partial charge in [0.1, 0.15) is 0 Å². The Hall–Kier alpha value is -2.51. The van der Waals surface area contributed by atoms with E-state index < -0.39 is 0 Å². The van der Waals surface area contributed by atoms with Crippen LogP contribution in [0.15, 0.2) is 42.6 Å². The van der Waals surface area contributed by atoms with E-state index in [9.17, 15) is 9.59 Å². The number of nitrogens with zero attached hydrogens (tertiary/aromatic N) is 3. The Balaban J connectivity index is 1.42. The van der Waals surface area contributed by atoms with Gasteiger partial charge < -0.3 is 10.2 Å². The Morgan fingerprint density at radius 2 is 2.23 bits per heavy atom. The van der Waals surface area contributed by atoms with Gasteiger partial charge in [0.05, 0.1) is 28.4 Å². The molecule has 8 heteroatoms. The van der Waals surface area contributed by atoms with Gasteiger partial charge in [0.15, 0.2) is 5.13 Å². The summed E-state index contributed by atoms with van der Waals surface area (Å²) in [6.45, 7) is 0.807. The number of likely N-dealkylation sites (tertiary alicyclic amines) is 1. The van der Waals surface area contributed by atoms with Crippen LogP contribution in [-0.2, 0) is 16.1 Å². The molecule has 1 saturated heterocycles. The number of aromatic nitrogens is 2. The van der Waals surface area contributed by atoms with E-state index in [4.69, 9.17) is 11.6 Å². The Kier molecular flexibility index (Phi) is 4.57. The van der Waals surface area contributed by atoms with E-state index in [1.54, 1.807) is 17.2 Å². The summed E-state index contributed by atoms with van der Waals surface area (Å²) < 4.78 is 0.909. The third-order valence-corrected chi connectivity index (χ3v) is 5.41. The third kappa shape index (κ3) is 3.54. The molecule has 0 saturated carbocycles. The van der Waals surface area contributed by atoms with E-state index in [0.717, 1.165) is 15.9 Å². The van der Waals surface area contributed by atoms with E-state index in [0.29, 0.717) is 23.2 Å². The van der Waals surface area contributed by atoms with Crippen LogP contribution in [0, 0.1) is 5.92 Å². The van der Waals surface area contributed by atoms with Crippen LogP contribution in [0.4, 0.5) is 5.13 Å². The summed E-state index contributed by atoms with van der Waals surface area (Å²) in [5.74, 6) is -0.610. The fourth-order valence-corrected chi connectivity index (χ4v) is 4.09. The van der Waals surface area contributed by atoms with Crippen molar-refractivity contribution in [3.63, 3.8) is 0 Å². The normalized spacial score (nSPS) is 17.0. The number of hydrogen-bond donors (Lipinski definition) is 1. The molecule has 1 atom stereocenters. The molecule has 1 unspecified atom stereocenters. The van der Waals surface area contributed by atoms with Crippen LogP contribution < -0.4 is 5.32 Å². The minimum absolute atomic E-state index is 0.0353. The fraction of sp³-hybridized carbons (Fsp3) is 0.222. The van der Waals surface area contributed by atoms with Crippen molar-refractivity contribution in [3.8, 4) is 0 Å². The highest BCUT2D eigenvalue weighted by molar-refractivity contribution is 7.22. The molecule has 26 heavy (non-hydrogen) atoms. The Bertz CT molecular complexity index is 976. The molecule has 132 valence electrons. The minimum Gasteiger partial charge on any atom is -0.336 e. The number of anilines is 1. The molecule has 4 rings (SSSR count). The monoisotopic (exact) mass is 386 g/mol. The lowest BCUT2D eigenvalue weighted by molar-refractivity contribution is -0.128. The van der Waals surface area contributed by atoms with E-state index >= 15 is 0 Å². The zero-order valence-corrected chi connectivity index (χ0v) is 15.3. The Morgan fingerprint density at radius 3 is 3.04 bits per heavy atom. The highest BCUT2D eigenvalue weighted by atomic mass is 35.5. The van der Waals surface area contributed by atoms with Crippen LogP contribution in [0.2, 0.25) is 5.02 Å².